The maximum Gasteiger partial charge on any atom is 0.224 e. The Morgan fingerprint density at radius 2 is 1.80 bits per heavy atom. The predicted molar refractivity (Wildman–Crippen MR) is 81.7 cm³/mol. The molecule has 0 aliphatic heterocycles. The normalized spacial score (nSPS) is 12.2. The number of hydrogen-bond acceptors (Lipinski definition) is 3. The zero-order valence-corrected chi connectivity index (χ0v) is 12.5. The molecule has 4 nitrogen and oxygen atoms in total. The largest absolute Gasteiger partial charge is 0.330 e. The van der Waals surface area contributed by atoms with Gasteiger partial charge in [-0.2, -0.15) is 0 Å². The average Bonchev–Trinajstić information content (AvgIpc) is 2.37. The molecule has 3 N–H and O–H groups in total. The summed E-state index contributed by atoms with van der Waals surface area (Å²) in [5, 5.41) is 2.84. The lowest BCUT2D eigenvalue weighted by Gasteiger charge is -2.16. The highest BCUT2D eigenvalue weighted by Crippen LogP contribution is 2.16. The van der Waals surface area contributed by atoms with Crippen molar-refractivity contribution in [1.29, 1.82) is 0 Å². The van der Waals surface area contributed by atoms with Gasteiger partial charge in [-0.3, -0.25) is 9.59 Å². The lowest BCUT2D eigenvalue weighted by molar-refractivity contribution is -0.117. The summed E-state index contributed by atoms with van der Waals surface area (Å²) in [6, 6.07) is 6.92. The van der Waals surface area contributed by atoms with E-state index >= 15 is 0 Å². The van der Waals surface area contributed by atoms with Crippen LogP contribution in [0.3, 0.4) is 0 Å². The number of anilines is 1. The second-order valence-electron chi connectivity index (χ2n) is 5.62. The number of hydrogen-bond donors (Lipinski definition) is 2. The van der Waals surface area contributed by atoms with Gasteiger partial charge in [0, 0.05) is 17.7 Å². The number of ketones is 1. The topological polar surface area (TPSA) is 72.2 Å². The highest BCUT2D eigenvalue weighted by Gasteiger charge is 2.14. The van der Waals surface area contributed by atoms with Crippen LogP contribution in [0.5, 0.6) is 0 Å². The van der Waals surface area contributed by atoms with Crippen molar-refractivity contribution in [3.8, 4) is 0 Å². The first-order valence-corrected chi connectivity index (χ1v) is 7.03. The molecule has 0 saturated carbocycles. The van der Waals surface area contributed by atoms with E-state index in [0.29, 0.717) is 30.1 Å². The molecule has 0 spiro atoms. The van der Waals surface area contributed by atoms with Gasteiger partial charge in [0.15, 0.2) is 5.78 Å². The van der Waals surface area contributed by atoms with Crippen molar-refractivity contribution in [2.24, 2.45) is 17.6 Å². The minimum atomic E-state index is -0.0309. The van der Waals surface area contributed by atoms with Crippen molar-refractivity contribution >= 4 is 17.4 Å². The Kier molecular flexibility index (Phi) is 6.39. The second kappa shape index (κ2) is 7.80. The highest BCUT2D eigenvalue weighted by atomic mass is 16.1. The van der Waals surface area contributed by atoms with Crippen LogP contribution in [0.4, 0.5) is 5.69 Å². The average molecular weight is 276 g/mol. The molecule has 1 aromatic rings. The Labute approximate surface area is 120 Å². The molecule has 110 valence electrons. The van der Waals surface area contributed by atoms with Crippen molar-refractivity contribution in [2.75, 3.05) is 11.9 Å². The lowest BCUT2D eigenvalue weighted by atomic mass is 9.94. The van der Waals surface area contributed by atoms with E-state index in [1.807, 2.05) is 0 Å². The standard InChI is InChI=1S/C16H24N2O2/c1-11(2)8-13(10-17)9-16(20)18-15-6-4-14(5-7-15)12(3)19/h4-7,11,13H,8-10,17H2,1-3H3,(H,18,20)/t13-/m0/s1. The third-order valence-electron chi connectivity index (χ3n) is 3.19. The Morgan fingerprint density at radius 1 is 1.20 bits per heavy atom. The van der Waals surface area contributed by atoms with E-state index in [4.69, 9.17) is 5.73 Å². The summed E-state index contributed by atoms with van der Waals surface area (Å²) in [6.45, 7) is 6.29. The predicted octanol–water partition coefficient (Wildman–Crippen LogP) is 2.84. The molecule has 1 rings (SSSR count). The van der Waals surface area contributed by atoms with Gasteiger partial charge < -0.3 is 11.1 Å². The number of carbonyl (C=O) groups is 2. The molecule has 0 bridgehead atoms. The van der Waals surface area contributed by atoms with Crippen LogP contribution in [0.15, 0.2) is 24.3 Å². The molecule has 0 aromatic heterocycles. The van der Waals surface area contributed by atoms with E-state index in [2.05, 4.69) is 19.2 Å². The third-order valence-corrected chi connectivity index (χ3v) is 3.19. The minimum absolute atomic E-state index is 0.0167. The number of rotatable bonds is 7. The fourth-order valence-corrected chi connectivity index (χ4v) is 2.19. The first-order valence-electron chi connectivity index (χ1n) is 7.03. The highest BCUT2D eigenvalue weighted by molar-refractivity contribution is 5.95. The molecule has 0 heterocycles. The van der Waals surface area contributed by atoms with E-state index in [0.717, 1.165) is 6.42 Å². The SMILES string of the molecule is CC(=O)c1ccc(NC(=O)C[C@@H](CN)CC(C)C)cc1. The number of Topliss-reactive ketones (excluding diaryl/α,β-unsaturated/α-hetero) is 1. The van der Waals surface area contributed by atoms with Gasteiger partial charge in [0.25, 0.3) is 0 Å². The second-order valence-corrected chi connectivity index (χ2v) is 5.62. The molecule has 0 unspecified atom stereocenters. The van der Waals surface area contributed by atoms with Crippen molar-refractivity contribution in [1.82, 2.24) is 0 Å². The van der Waals surface area contributed by atoms with Crippen LogP contribution in [0, 0.1) is 11.8 Å². The summed E-state index contributed by atoms with van der Waals surface area (Å²) in [5.74, 6) is 0.734. The van der Waals surface area contributed by atoms with E-state index in [9.17, 15) is 9.59 Å². The van der Waals surface area contributed by atoms with Crippen molar-refractivity contribution < 1.29 is 9.59 Å². The monoisotopic (exact) mass is 276 g/mol. The smallest absolute Gasteiger partial charge is 0.224 e. The summed E-state index contributed by atoms with van der Waals surface area (Å²) in [4.78, 5) is 23.1. The first kappa shape index (κ1) is 16.4. The van der Waals surface area contributed by atoms with Crippen LogP contribution in [0.1, 0.15) is 44.0 Å². The van der Waals surface area contributed by atoms with Gasteiger partial charge in [-0.25, -0.2) is 0 Å². The summed E-state index contributed by atoms with van der Waals surface area (Å²) in [6.07, 6.45) is 1.39. The minimum Gasteiger partial charge on any atom is -0.330 e. The number of nitrogens with one attached hydrogen (secondary N) is 1. The molecule has 20 heavy (non-hydrogen) atoms. The molecular formula is C16H24N2O2. The molecule has 1 aromatic carbocycles. The molecule has 4 heteroatoms. The van der Waals surface area contributed by atoms with Crippen LogP contribution in [-0.4, -0.2) is 18.2 Å². The van der Waals surface area contributed by atoms with Crippen LogP contribution in [-0.2, 0) is 4.79 Å². The quantitative estimate of drug-likeness (QED) is 0.752. The van der Waals surface area contributed by atoms with E-state index < -0.39 is 0 Å². The van der Waals surface area contributed by atoms with Crippen molar-refractivity contribution in [2.45, 2.75) is 33.6 Å². The molecule has 0 fully saturated rings. The summed E-state index contributed by atoms with van der Waals surface area (Å²) < 4.78 is 0. The van der Waals surface area contributed by atoms with Gasteiger partial charge in [0.1, 0.15) is 0 Å². The van der Waals surface area contributed by atoms with E-state index in [1.165, 1.54) is 6.92 Å². The zero-order chi connectivity index (χ0) is 15.1. The van der Waals surface area contributed by atoms with Crippen LogP contribution >= 0.6 is 0 Å². The van der Waals surface area contributed by atoms with E-state index in [-0.39, 0.29) is 17.6 Å². The van der Waals surface area contributed by atoms with Gasteiger partial charge >= 0.3 is 0 Å². The van der Waals surface area contributed by atoms with Crippen LogP contribution < -0.4 is 11.1 Å². The van der Waals surface area contributed by atoms with Crippen molar-refractivity contribution in [3.63, 3.8) is 0 Å². The Hall–Kier alpha value is -1.68. The zero-order valence-electron chi connectivity index (χ0n) is 12.5. The first-order chi connectivity index (χ1) is 9.42. The Balaban J connectivity index is 2.55. The third kappa shape index (κ3) is 5.53. The van der Waals surface area contributed by atoms with Gasteiger partial charge in [-0.05, 0) is 56.0 Å². The summed E-state index contributed by atoms with van der Waals surface area (Å²) in [5.41, 5.74) is 7.05. The van der Waals surface area contributed by atoms with Gasteiger partial charge in [0.05, 0.1) is 0 Å². The Morgan fingerprint density at radius 3 is 2.25 bits per heavy atom. The molecule has 0 aliphatic carbocycles. The van der Waals surface area contributed by atoms with Crippen LogP contribution in [0.2, 0.25) is 0 Å². The summed E-state index contributed by atoms with van der Waals surface area (Å²) in [7, 11) is 0. The number of benzene rings is 1. The maximum atomic E-state index is 11.9. The summed E-state index contributed by atoms with van der Waals surface area (Å²) >= 11 is 0. The molecule has 0 radical (unpaired) electrons. The number of nitrogens with two attached hydrogens (primary N) is 1. The molecule has 1 atom stereocenters. The van der Waals surface area contributed by atoms with Crippen molar-refractivity contribution in [3.05, 3.63) is 29.8 Å². The lowest BCUT2D eigenvalue weighted by Crippen LogP contribution is -2.23. The van der Waals surface area contributed by atoms with Gasteiger partial charge in [-0.15, -0.1) is 0 Å². The molecular weight excluding hydrogens is 252 g/mol. The fraction of sp³-hybridized carbons (Fsp3) is 0.500. The fourth-order valence-electron chi connectivity index (χ4n) is 2.19. The van der Waals surface area contributed by atoms with Crippen LogP contribution in [0.25, 0.3) is 0 Å². The molecule has 0 saturated heterocycles. The molecule has 1 amide bonds. The van der Waals surface area contributed by atoms with Gasteiger partial charge in [-0.1, -0.05) is 13.8 Å². The number of carbonyl (C=O) groups excluding carboxylic acids is 2. The number of amides is 1. The van der Waals surface area contributed by atoms with E-state index in [1.54, 1.807) is 24.3 Å². The maximum absolute atomic E-state index is 11.9. The molecule has 0 aliphatic rings. The Bertz CT molecular complexity index is 452. The van der Waals surface area contributed by atoms with Gasteiger partial charge in [0.2, 0.25) is 5.91 Å².